The van der Waals surface area contributed by atoms with Crippen molar-refractivity contribution in [3.63, 3.8) is 0 Å². The Morgan fingerprint density at radius 1 is 1.50 bits per heavy atom. The van der Waals surface area contributed by atoms with Gasteiger partial charge in [0.2, 0.25) is 11.8 Å². The number of halogens is 1. The number of benzene rings is 1. The molecule has 1 saturated heterocycles. The van der Waals surface area contributed by atoms with Gasteiger partial charge in [-0.2, -0.15) is 0 Å². The van der Waals surface area contributed by atoms with E-state index in [4.69, 9.17) is 16.3 Å². The van der Waals surface area contributed by atoms with Crippen molar-refractivity contribution in [2.24, 2.45) is 0 Å². The summed E-state index contributed by atoms with van der Waals surface area (Å²) in [7, 11) is 1.56. The molecule has 6 heteroatoms. The lowest BCUT2D eigenvalue weighted by Gasteiger charge is -2.13. The van der Waals surface area contributed by atoms with E-state index in [0.29, 0.717) is 17.3 Å². The van der Waals surface area contributed by atoms with E-state index >= 15 is 0 Å². The van der Waals surface area contributed by atoms with E-state index in [1.165, 1.54) is 0 Å². The van der Waals surface area contributed by atoms with Gasteiger partial charge in [-0.25, -0.2) is 0 Å². The van der Waals surface area contributed by atoms with Gasteiger partial charge >= 0.3 is 0 Å². The topological polar surface area (TPSA) is 67.4 Å². The van der Waals surface area contributed by atoms with Crippen molar-refractivity contribution >= 4 is 23.4 Å². The van der Waals surface area contributed by atoms with Crippen LogP contribution in [0.15, 0.2) is 18.2 Å². The molecule has 2 amide bonds. The molecule has 0 aliphatic carbocycles. The lowest BCUT2D eigenvalue weighted by Crippen LogP contribution is -2.35. The molecule has 1 unspecified atom stereocenters. The number of methoxy groups -OCH3 is 1. The van der Waals surface area contributed by atoms with Crippen LogP contribution >= 0.6 is 11.6 Å². The van der Waals surface area contributed by atoms with Crippen LogP contribution in [0.2, 0.25) is 5.02 Å². The largest absolute Gasteiger partial charge is 0.496 e. The number of imide groups is 1. The first-order valence-corrected chi connectivity index (χ1v) is 5.88. The lowest BCUT2D eigenvalue weighted by molar-refractivity contribution is -0.125. The van der Waals surface area contributed by atoms with Gasteiger partial charge in [0.05, 0.1) is 19.6 Å². The van der Waals surface area contributed by atoms with Crippen molar-refractivity contribution in [2.75, 3.05) is 7.11 Å². The Morgan fingerprint density at radius 2 is 2.28 bits per heavy atom. The second-order valence-corrected chi connectivity index (χ2v) is 4.38. The molecule has 18 heavy (non-hydrogen) atoms. The molecule has 2 N–H and O–H groups in total. The molecule has 1 atom stereocenters. The SMILES string of the molecule is COc1cccc(Cl)c1CNC1CC(=O)NC1=O. The van der Waals surface area contributed by atoms with E-state index in [2.05, 4.69) is 10.6 Å². The number of carbonyl (C=O) groups excluding carboxylic acids is 2. The quantitative estimate of drug-likeness (QED) is 0.795. The molecular weight excluding hydrogens is 256 g/mol. The average Bonchev–Trinajstić information content (AvgIpc) is 2.66. The molecule has 1 aliphatic heterocycles. The standard InChI is InChI=1S/C12H13ClN2O3/c1-18-10-4-2-3-8(13)7(10)6-14-9-5-11(16)15-12(9)17/h2-4,9,14H,5-6H2,1H3,(H,15,16,17). The first-order valence-electron chi connectivity index (χ1n) is 5.50. The maximum Gasteiger partial charge on any atom is 0.244 e. The number of carbonyl (C=O) groups is 2. The molecule has 1 aromatic carbocycles. The zero-order valence-corrected chi connectivity index (χ0v) is 10.6. The Kier molecular flexibility index (Phi) is 3.84. The third kappa shape index (κ3) is 2.63. The van der Waals surface area contributed by atoms with E-state index in [1.807, 2.05) is 0 Å². The van der Waals surface area contributed by atoms with Crippen LogP contribution in [0.1, 0.15) is 12.0 Å². The van der Waals surface area contributed by atoms with Gasteiger partial charge in [-0.1, -0.05) is 17.7 Å². The van der Waals surface area contributed by atoms with Crippen LogP contribution in [0.3, 0.4) is 0 Å². The van der Waals surface area contributed by atoms with Crippen molar-refractivity contribution in [1.29, 1.82) is 0 Å². The van der Waals surface area contributed by atoms with Crippen LogP contribution < -0.4 is 15.4 Å². The summed E-state index contributed by atoms with van der Waals surface area (Å²) in [6.45, 7) is 0.369. The molecule has 0 bridgehead atoms. The number of hydrogen-bond acceptors (Lipinski definition) is 4. The summed E-state index contributed by atoms with van der Waals surface area (Å²) in [5.41, 5.74) is 0.772. The van der Waals surface area contributed by atoms with Crippen molar-refractivity contribution in [2.45, 2.75) is 19.0 Å². The van der Waals surface area contributed by atoms with Crippen molar-refractivity contribution in [1.82, 2.24) is 10.6 Å². The fraction of sp³-hybridized carbons (Fsp3) is 0.333. The molecule has 0 spiro atoms. The smallest absolute Gasteiger partial charge is 0.244 e. The number of rotatable bonds is 4. The maximum absolute atomic E-state index is 11.4. The van der Waals surface area contributed by atoms with Gasteiger partial charge in [0.15, 0.2) is 0 Å². The highest BCUT2D eigenvalue weighted by Crippen LogP contribution is 2.26. The lowest BCUT2D eigenvalue weighted by atomic mass is 10.1. The fourth-order valence-electron chi connectivity index (χ4n) is 1.85. The summed E-state index contributed by atoms with van der Waals surface area (Å²) in [6, 6.07) is 4.83. The first kappa shape index (κ1) is 12.9. The summed E-state index contributed by atoms with van der Waals surface area (Å²) < 4.78 is 5.20. The van der Waals surface area contributed by atoms with Gasteiger partial charge < -0.3 is 10.1 Å². The third-order valence-electron chi connectivity index (χ3n) is 2.79. The normalized spacial score (nSPS) is 18.9. The highest BCUT2D eigenvalue weighted by molar-refractivity contribution is 6.31. The van der Waals surface area contributed by atoms with Gasteiger partial charge in [0, 0.05) is 17.1 Å². The summed E-state index contributed by atoms with van der Waals surface area (Å²) in [5, 5.41) is 5.80. The monoisotopic (exact) mass is 268 g/mol. The second-order valence-electron chi connectivity index (χ2n) is 3.97. The zero-order chi connectivity index (χ0) is 13.1. The second kappa shape index (κ2) is 5.37. The highest BCUT2D eigenvalue weighted by atomic mass is 35.5. The summed E-state index contributed by atoms with van der Waals surface area (Å²) >= 11 is 6.07. The van der Waals surface area contributed by atoms with Gasteiger partial charge in [-0.05, 0) is 12.1 Å². The molecule has 1 fully saturated rings. The number of amides is 2. The van der Waals surface area contributed by atoms with Gasteiger partial charge in [0.25, 0.3) is 0 Å². The number of hydrogen-bond donors (Lipinski definition) is 2. The van der Waals surface area contributed by atoms with Crippen molar-refractivity contribution in [3.8, 4) is 5.75 Å². The van der Waals surface area contributed by atoms with E-state index in [0.717, 1.165) is 5.56 Å². The number of nitrogens with one attached hydrogen (secondary N) is 2. The number of ether oxygens (including phenoxy) is 1. The van der Waals surface area contributed by atoms with E-state index in [9.17, 15) is 9.59 Å². The molecule has 5 nitrogen and oxygen atoms in total. The minimum absolute atomic E-state index is 0.158. The maximum atomic E-state index is 11.4. The minimum atomic E-state index is -0.501. The van der Waals surface area contributed by atoms with E-state index in [-0.39, 0.29) is 18.2 Å². The summed E-state index contributed by atoms with van der Waals surface area (Å²) in [4.78, 5) is 22.4. The summed E-state index contributed by atoms with van der Waals surface area (Å²) in [5.74, 6) is 0.0920. The molecular formula is C12H13ClN2O3. The molecule has 1 heterocycles. The van der Waals surface area contributed by atoms with Crippen LogP contribution in [0.25, 0.3) is 0 Å². The Hall–Kier alpha value is -1.59. The van der Waals surface area contributed by atoms with E-state index in [1.54, 1.807) is 25.3 Å². The molecule has 1 aromatic rings. The first-order chi connectivity index (χ1) is 8.61. The molecule has 0 radical (unpaired) electrons. The third-order valence-corrected chi connectivity index (χ3v) is 3.14. The highest BCUT2D eigenvalue weighted by Gasteiger charge is 2.30. The van der Waals surface area contributed by atoms with Crippen molar-refractivity contribution < 1.29 is 14.3 Å². The van der Waals surface area contributed by atoms with Gasteiger partial charge in [-0.3, -0.25) is 14.9 Å². The van der Waals surface area contributed by atoms with Crippen LogP contribution in [-0.4, -0.2) is 25.0 Å². The van der Waals surface area contributed by atoms with Crippen LogP contribution in [-0.2, 0) is 16.1 Å². The summed E-state index contributed by atoms with van der Waals surface area (Å²) in [6.07, 6.45) is 0.158. The van der Waals surface area contributed by atoms with Crippen LogP contribution in [0, 0.1) is 0 Å². The van der Waals surface area contributed by atoms with Crippen LogP contribution in [0.5, 0.6) is 5.75 Å². The van der Waals surface area contributed by atoms with Gasteiger partial charge in [-0.15, -0.1) is 0 Å². The average molecular weight is 269 g/mol. The van der Waals surface area contributed by atoms with E-state index < -0.39 is 6.04 Å². The molecule has 0 saturated carbocycles. The Labute approximate surface area is 109 Å². The Morgan fingerprint density at radius 3 is 2.89 bits per heavy atom. The predicted molar refractivity (Wildman–Crippen MR) is 66.4 cm³/mol. The van der Waals surface area contributed by atoms with Gasteiger partial charge in [0.1, 0.15) is 5.75 Å². The molecule has 0 aromatic heterocycles. The fourth-order valence-corrected chi connectivity index (χ4v) is 2.08. The minimum Gasteiger partial charge on any atom is -0.496 e. The Bertz CT molecular complexity index is 490. The molecule has 96 valence electrons. The van der Waals surface area contributed by atoms with Crippen LogP contribution in [0.4, 0.5) is 0 Å². The molecule has 2 rings (SSSR count). The molecule has 1 aliphatic rings. The Balaban J connectivity index is 2.06. The predicted octanol–water partition coefficient (Wildman–Crippen LogP) is 0.853. The zero-order valence-electron chi connectivity index (χ0n) is 9.83. The van der Waals surface area contributed by atoms with Crippen molar-refractivity contribution in [3.05, 3.63) is 28.8 Å².